The maximum Gasteiger partial charge on any atom is 0.469 e. The van der Waals surface area contributed by atoms with Gasteiger partial charge in [-0.05, 0) is 62.2 Å². The molecule has 0 aliphatic heterocycles. The van der Waals surface area contributed by atoms with E-state index < -0.39 is 58.6 Å². The molecule has 42 heavy (non-hydrogen) atoms. The van der Waals surface area contributed by atoms with Gasteiger partial charge in [0.2, 0.25) is 11.8 Å². The van der Waals surface area contributed by atoms with Crippen LogP contribution in [0.4, 0.5) is 4.79 Å². The first-order valence-electron chi connectivity index (χ1n) is 13.1. The van der Waals surface area contributed by atoms with Crippen molar-refractivity contribution in [3.05, 3.63) is 39.9 Å². The summed E-state index contributed by atoms with van der Waals surface area (Å²) in [6.45, 7) is 7.76. The van der Waals surface area contributed by atoms with Crippen LogP contribution in [0.5, 0.6) is 5.75 Å². The summed E-state index contributed by atoms with van der Waals surface area (Å²) in [4.78, 5) is 67.7. The fourth-order valence-electron chi connectivity index (χ4n) is 3.72. The van der Waals surface area contributed by atoms with Crippen LogP contribution in [-0.2, 0) is 30.3 Å². The Morgan fingerprint density at radius 2 is 1.69 bits per heavy atom. The van der Waals surface area contributed by atoms with E-state index in [0.29, 0.717) is 5.56 Å². The Balaban J connectivity index is 3.27. The first kappa shape index (κ1) is 35.4. The third-order valence-corrected chi connectivity index (χ3v) is 5.71. The zero-order chi connectivity index (χ0) is 32.2. The van der Waals surface area contributed by atoms with Gasteiger partial charge < -0.3 is 36.7 Å². The van der Waals surface area contributed by atoms with Gasteiger partial charge in [-0.15, -0.1) is 0 Å². The Morgan fingerprint density at radius 1 is 1.10 bits per heavy atom. The van der Waals surface area contributed by atoms with Crippen molar-refractivity contribution in [2.45, 2.75) is 77.6 Å². The number of phenolic OH excluding ortho intramolecular Hbond substituents is 1. The number of nitro groups is 1. The molecule has 0 bridgehead atoms. The third kappa shape index (κ3) is 11.9. The second-order valence-electron chi connectivity index (χ2n) is 10.7. The molecule has 0 spiro atoms. The molecule has 0 saturated heterocycles. The average molecular weight is 596 g/mol. The number of guanidine groups is 1. The predicted molar refractivity (Wildman–Crippen MR) is 151 cm³/mol. The molecule has 0 aliphatic rings. The molecule has 1 rings (SSSR count). The van der Waals surface area contributed by atoms with Gasteiger partial charge in [-0.1, -0.05) is 26.0 Å². The predicted octanol–water partition coefficient (Wildman–Crippen LogP) is 0.584. The van der Waals surface area contributed by atoms with Crippen molar-refractivity contribution >= 4 is 29.8 Å². The number of rotatable bonds is 14. The van der Waals surface area contributed by atoms with Gasteiger partial charge in [-0.3, -0.25) is 14.6 Å². The van der Waals surface area contributed by atoms with Crippen LogP contribution >= 0.6 is 0 Å². The molecular weight excluding hydrogens is 554 g/mol. The number of hydrogen-bond donors (Lipinski definition) is 5. The summed E-state index contributed by atoms with van der Waals surface area (Å²) >= 11 is 0. The van der Waals surface area contributed by atoms with Crippen molar-refractivity contribution in [1.29, 1.82) is 0 Å². The number of phenols is 1. The molecule has 0 aliphatic carbocycles. The summed E-state index contributed by atoms with van der Waals surface area (Å²) in [6, 6.07) is 1.84. The van der Waals surface area contributed by atoms with E-state index in [1.165, 1.54) is 32.9 Å². The Labute approximate surface area is 243 Å². The van der Waals surface area contributed by atoms with Gasteiger partial charge >= 0.3 is 12.1 Å². The smallest absolute Gasteiger partial charge is 0.469 e. The molecular formula is C26H41N7O9. The maximum absolute atomic E-state index is 13.5. The number of hydrazine groups is 1. The first-order chi connectivity index (χ1) is 19.5. The van der Waals surface area contributed by atoms with Gasteiger partial charge in [0.25, 0.3) is 0 Å². The van der Waals surface area contributed by atoms with Crippen LogP contribution < -0.4 is 22.1 Å². The summed E-state index contributed by atoms with van der Waals surface area (Å²) < 4.78 is 9.96. The van der Waals surface area contributed by atoms with Crippen molar-refractivity contribution in [2.24, 2.45) is 22.4 Å². The van der Waals surface area contributed by atoms with Crippen molar-refractivity contribution in [3.63, 3.8) is 0 Å². The number of esters is 1. The van der Waals surface area contributed by atoms with Gasteiger partial charge in [0.05, 0.1) is 7.11 Å². The number of nitrogens with zero attached hydrogens (tertiary/aromatic N) is 3. The zero-order valence-electron chi connectivity index (χ0n) is 24.7. The monoisotopic (exact) mass is 595 g/mol. The van der Waals surface area contributed by atoms with Gasteiger partial charge in [0.1, 0.15) is 23.4 Å². The van der Waals surface area contributed by atoms with Crippen LogP contribution in [0.25, 0.3) is 0 Å². The summed E-state index contributed by atoms with van der Waals surface area (Å²) in [5.41, 5.74) is 10.1. The van der Waals surface area contributed by atoms with E-state index in [1.807, 2.05) is 0 Å². The standard InChI is InChI=1S/C26H41N7O9/c1-15(2)20(22(36)30-18(23(37)41-6)14-16-9-11-17(34)12-10-16)31-21(35)19(8-7-13-29-24(27)28)32(33(39)40)25(38)42-26(3,4)5/h9-12,15,18-20,34H,7-8,13-14H2,1-6H3,(H,30,36)(H,31,35)(H4,27,28,29)/t18-,19-,20-/m0/s1. The number of methoxy groups -OCH3 is 1. The van der Waals surface area contributed by atoms with Gasteiger partial charge in [0.15, 0.2) is 17.0 Å². The third-order valence-electron chi connectivity index (χ3n) is 5.71. The minimum atomic E-state index is -1.70. The van der Waals surface area contributed by atoms with Gasteiger partial charge in [0, 0.05) is 13.0 Å². The highest BCUT2D eigenvalue weighted by molar-refractivity contribution is 5.93. The molecule has 16 heteroatoms. The Hall–Kier alpha value is -4.63. The van der Waals surface area contributed by atoms with Crippen LogP contribution in [-0.4, -0.2) is 82.4 Å². The quantitative estimate of drug-likeness (QED) is 0.0497. The number of benzene rings is 1. The molecule has 0 fully saturated rings. The average Bonchev–Trinajstić information content (AvgIpc) is 2.87. The number of hydrogen-bond acceptors (Lipinski definition) is 10. The number of nitrogens with one attached hydrogen (secondary N) is 2. The van der Waals surface area contributed by atoms with Crippen molar-refractivity contribution in [3.8, 4) is 5.75 Å². The lowest BCUT2D eigenvalue weighted by molar-refractivity contribution is -0.641. The van der Waals surface area contributed by atoms with Crippen LogP contribution in [0.1, 0.15) is 53.0 Å². The second kappa shape index (κ2) is 16.0. The van der Waals surface area contributed by atoms with Gasteiger partial charge in [-0.2, -0.15) is 0 Å². The highest BCUT2D eigenvalue weighted by Crippen LogP contribution is 2.17. The molecule has 0 unspecified atom stereocenters. The Kier molecular flexibility index (Phi) is 13.5. The number of carbonyl (C=O) groups excluding carboxylic acids is 4. The normalized spacial score (nSPS) is 13.2. The van der Waals surface area contributed by atoms with Crippen LogP contribution in [0.3, 0.4) is 0 Å². The highest BCUT2D eigenvalue weighted by atomic mass is 16.7. The number of ether oxygens (including phenoxy) is 2. The van der Waals surface area contributed by atoms with Gasteiger partial charge in [-0.25, -0.2) is 19.7 Å². The van der Waals surface area contributed by atoms with E-state index >= 15 is 0 Å². The summed E-state index contributed by atoms with van der Waals surface area (Å²) in [5.74, 6) is -3.29. The largest absolute Gasteiger partial charge is 0.508 e. The van der Waals surface area contributed by atoms with E-state index in [1.54, 1.807) is 26.0 Å². The SMILES string of the molecule is COC(=O)[C@H](Cc1ccc(O)cc1)NC(=O)[C@@H](NC(=O)[C@H](CCCN=C(N)N)N(C(=O)OC(C)(C)C)[N+](=O)[O-])C(C)C. The minimum Gasteiger partial charge on any atom is -0.508 e. The van der Waals surface area contributed by atoms with Crippen molar-refractivity contribution < 1.29 is 38.8 Å². The minimum absolute atomic E-state index is 0.0121. The van der Waals surface area contributed by atoms with E-state index in [9.17, 15) is 34.4 Å². The molecule has 0 saturated carbocycles. The number of aliphatic imine (C=N–C) groups is 1. The fraction of sp³-hybridized carbons (Fsp3) is 0.577. The van der Waals surface area contributed by atoms with E-state index in [2.05, 4.69) is 15.6 Å². The number of nitrogens with two attached hydrogens (primary N) is 2. The molecule has 0 radical (unpaired) electrons. The molecule has 234 valence electrons. The Morgan fingerprint density at radius 3 is 2.17 bits per heavy atom. The number of amides is 3. The fourth-order valence-corrected chi connectivity index (χ4v) is 3.72. The molecule has 0 aromatic heterocycles. The van der Waals surface area contributed by atoms with Crippen molar-refractivity contribution in [1.82, 2.24) is 15.6 Å². The summed E-state index contributed by atoms with van der Waals surface area (Å²) in [6.07, 6.45) is -1.54. The second-order valence-corrected chi connectivity index (χ2v) is 10.7. The van der Waals surface area contributed by atoms with E-state index in [4.69, 9.17) is 20.9 Å². The molecule has 7 N–H and O–H groups in total. The highest BCUT2D eigenvalue weighted by Gasteiger charge is 2.43. The maximum atomic E-state index is 13.5. The van der Waals surface area contributed by atoms with Crippen molar-refractivity contribution in [2.75, 3.05) is 13.7 Å². The molecule has 1 aromatic carbocycles. The Bertz CT molecular complexity index is 1130. The lowest BCUT2D eigenvalue weighted by Gasteiger charge is -2.29. The summed E-state index contributed by atoms with van der Waals surface area (Å²) in [7, 11) is 1.15. The number of aromatic hydroxyl groups is 1. The summed E-state index contributed by atoms with van der Waals surface area (Å²) in [5, 5.41) is 25.5. The van der Waals surface area contributed by atoms with Crippen LogP contribution in [0.15, 0.2) is 29.3 Å². The van der Waals surface area contributed by atoms with Crippen LogP contribution in [0.2, 0.25) is 0 Å². The molecule has 16 nitrogen and oxygen atoms in total. The molecule has 0 heterocycles. The van der Waals surface area contributed by atoms with Crippen LogP contribution in [0, 0.1) is 16.0 Å². The topological polar surface area (TPSA) is 242 Å². The lowest BCUT2D eigenvalue weighted by atomic mass is 10.00. The lowest BCUT2D eigenvalue weighted by Crippen LogP contribution is -2.59. The first-order valence-corrected chi connectivity index (χ1v) is 13.1. The molecule has 3 atom stereocenters. The molecule has 3 amide bonds. The van der Waals surface area contributed by atoms with E-state index in [0.717, 1.165) is 7.11 Å². The zero-order valence-corrected chi connectivity index (χ0v) is 24.7. The van der Waals surface area contributed by atoms with E-state index in [-0.39, 0.29) is 42.5 Å². The number of carbonyl (C=O) groups is 4. The molecule has 1 aromatic rings.